The highest BCUT2D eigenvalue weighted by atomic mass is 16.7. The van der Waals surface area contributed by atoms with Crippen LogP contribution in [0.5, 0.6) is 0 Å². The number of nitrogens with zero attached hydrogens (tertiary/aromatic N) is 1. The summed E-state index contributed by atoms with van der Waals surface area (Å²) < 4.78 is 11.4. The topological polar surface area (TPSA) is 38.8 Å². The molecule has 1 spiro atoms. The number of hydrogen-bond acceptors (Lipinski definition) is 3. The standard InChI is InChI=1S/C16H21NO3/c1-13-5-2-3-6-14(13)11-15(18)17-8-4-7-16(12-17)19-9-10-20-16/h2-3,5-6H,4,7-12H2,1H3. The van der Waals surface area contributed by atoms with Crippen LogP contribution in [0.2, 0.25) is 0 Å². The predicted molar refractivity (Wildman–Crippen MR) is 75.3 cm³/mol. The zero-order valence-electron chi connectivity index (χ0n) is 11.9. The minimum Gasteiger partial charge on any atom is -0.346 e. The molecular weight excluding hydrogens is 254 g/mol. The summed E-state index contributed by atoms with van der Waals surface area (Å²) in [6.07, 6.45) is 2.30. The van der Waals surface area contributed by atoms with Crippen LogP contribution in [0, 0.1) is 6.92 Å². The van der Waals surface area contributed by atoms with Gasteiger partial charge >= 0.3 is 0 Å². The number of ether oxygens (including phenoxy) is 2. The van der Waals surface area contributed by atoms with Gasteiger partial charge in [-0.2, -0.15) is 0 Å². The smallest absolute Gasteiger partial charge is 0.227 e. The molecule has 0 bridgehead atoms. The molecule has 3 rings (SSSR count). The van der Waals surface area contributed by atoms with E-state index in [4.69, 9.17) is 9.47 Å². The number of benzene rings is 1. The van der Waals surface area contributed by atoms with Gasteiger partial charge in [-0.05, 0) is 24.5 Å². The van der Waals surface area contributed by atoms with Gasteiger partial charge in [0.05, 0.1) is 26.2 Å². The van der Waals surface area contributed by atoms with Crippen molar-refractivity contribution in [3.05, 3.63) is 35.4 Å². The Balaban J connectivity index is 1.66. The number of amides is 1. The SMILES string of the molecule is Cc1ccccc1CC(=O)N1CCCC2(C1)OCCO2. The number of likely N-dealkylation sites (tertiary alicyclic amines) is 1. The van der Waals surface area contributed by atoms with Gasteiger partial charge in [0.15, 0.2) is 5.79 Å². The van der Waals surface area contributed by atoms with Gasteiger partial charge in [-0.15, -0.1) is 0 Å². The monoisotopic (exact) mass is 275 g/mol. The summed E-state index contributed by atoms with van der Waals surface area (Å²) in [4.78, 5) is 14.4. The van der Waals surface area contributed by atoms with Crippen molar-refractivity contribution in [1.82, 2.24) is 4.90 Å². The molecule has 0 aliphatic carbocycles. The van der Waals surface area contributed by atoms with E-state index < -0.39 is 5.79 Å². The van der Waals surface area contributed by atoms with Crippen molar-refractivity contribution in [3.63, 3.8) is 0 Å². The van der Waals surface area contributed by atoms with Crippen molar-refractivity contribution in [2.24, 2.45) is 0 Å². The number of aryl methyl sites for hydroxylation is 1. The molecule has 2 saturated heterocycles. The van der Waals surface area contributed by atoms with Crippen LogP contribution >= 0.6 is 0 Å². The number of hydrogen-bond donors (Lipinski definition) is 0. The minimum atomic E-state index is -0.528. The highest BCUT2D eigenvalue weighted by molar-refractivity contribution is 5.79. The van der Waals surface area contributed by atoms with Crippen LogP contribution in [0.3, 0.4) is 0 Å². The molecule has 2 heterocycles. The molecule has 0 radical (unpaired) electrons. The molecule has 0 atom stereocenters. The molecule has 2 aliphatic rings. The van der Waals surface area contributed by atoms with E-state index in [1.807, 2.05) is 36.1 Å². The Morgan fingerprint density at radius 2 is 2.05 bits per heavy atom. The molecule has 108 valence electrons. The largest absolute Gasteiger partial charge is 0.346 e. The summed E-state index contributed by atoms with van der Waals surface area (Å²) in [5.41, 5.74) is 2.27. The van der Waals surface area contributed by atoms with Crippen molar-refractivity contribution in [2.75, 3.05) is 26.3 Å². The second-order valence-corrected chi connectivity index (χ2v) is 5.63. The molecule has 4 nitrogen and oxygen atoms in total. The van der Waals surface area contributed by atoms with Gasteiger partial charge in [0.2, 0.25) is 5.91 Å². The molecule has 1 aromatic rings. The number of carbonyl (C=O) groups excluding carboxylic acids is 1. The predicted octanol–water partition coefficient (Wildman–Crippen LogP) is 1.90. The molecule has 2 fully saturated rings. The van der Waals surface area contributed by atoms with Gasteiger partial charge in [-0.3, -0.25) is 4.79 Å². The first kappa shape index (κ1) is 13.6. The van der Waals surface area contributed by atoms with Crippen LogP contribution in [0.4, 0.5) is 0 Å². The van der Waals surface area contributed by atoms with E-state index >= 15 is 0 Å². The van der Waals surface area contributed by atoms with Crippen molar-refractivity contribution in [3.8, 4) is 0 Å². The summed E-state index contributed by atoms with van der Waals surface area (Å²) in [6, 6.07) is 8.05. The lowest BCUT2D eigenvalue weighted by Crippen LogP contribution is -2.51. The van der Waals surface area contributed by atoms with E-state index in [2.05, 4.69) is 0 Å². The van der Waals surface area contributed by atoms with Crippen LogP contribution in [-0.4, -0.2) is 42.9 Å². The van der Waals surface area contributed by atoms with E-state index in [0.29, 0.717) is 26.2 Å². The first-order valence-electron chi connectivity index (χ1n) is 7.29. The second-order valence-electron chi connectivity index (χ2n) is 5.63. The van der Waals surface area contributed by atoms with Gasteiger partial charge in [0, 0.05) is 13.0 Å². The maximum atomic E-state index is 12.5. The lowest BCUT2D eigenvalue weighted by molar-refractivity contribution is -0.192. The third-order valence-corrected chi connectivity index (χ3v) is 4.19. The third kappa shape index (κ3) is 2.72. The Bertz CT molecular complexity index is 494. The van der Waals surface area contributed by atoms with E-state index in [-0.39, 0.29) is 5.91 Å². The Morgan fingerprint density at radius 3 is 2.80 bits per heavy atom. The average molecular weight is 275 g/mol. The molecule has 4 heteroatoms. The van der Waals surface area contributed by atoms with E-state index in [1.165, 1.54) is 5.56 Å². The van der Waals surface area contributed by atoms with E-state index in [0.717, 1.165) is 24.9 Å². The van der Waals surface area contributed by atoms with Crippen molar-refractivity contribution < 1.29 is 14.3 Å². The van der Waals surface area contributed by atoms with Crippen molar-refractivity contribution in [1.29, 1.82) is 0 Å². The van der Waals surface area contributed by atoms with Crippen molar-refractivity contribution >= 4 is 5.91 Å². The zero-order chi connectivity index (χ0) is 14.0. The Labute approximate surface area is 119 Å². The van der Waals surface area contributed by atoms with Crippen LogP contribution < -0.4 is 0 Å². The molecule has 20 heavy (non-hydrogen) atoms. The average Bonchev–Trinajstić information content (AvgIpc) is 2.89. The molecule has 1 aromatic carbocycles. The third-order valence-electron chi connectivity index (χ3n) is 4.19. The second kappa shape index (κ2) is 5.54. The first-order valence-corrected chi connectivity index (χ1v) is 7.29. The molecule has 0 saturated carbocycles. The highest BCUT2D eigenvalue weighted by Gasteiger charge is 2.41. The van der Waals surface area contributed by atoms with Crippen LogP contribution in [0.1, 0.15) is 24.0 Å². The zero-order valence-corrected chi connectivity index (χ0v) is 11.9. The van der Waals surface area contributed by atoms with Gasteiger partial charge in [0.25, 0.3) is 0 Å². The maximum absolute atomic E-state index is 12.5. The fourth-order valence-electron chi connectivity index (χ4n) is 3.02. The minimum absolute atomic E-state index is 0.164. The van der Waals surface area contributed by atoms with E-state index in [1.54, 1.807) is 0 Å². The Morgan fingerprint density at radius 1 is 1.30 bits per heavy atom. The summed E-state index contributed by atoms with van der Waals surface area (Å²) >= 11 is 0. The lowest BCUT2D eigenvalue weighted by Gasteiger charge is -2.38. The van der Waals surface area contributed by atoms with E-state index in [9.17, 15) is 4.79 Å². The van der Waals surface area contributed by atoms with Crippen LogP contribution in [0.15, 0.2) is 24.3 Å². The Kier molecular flexibility index (Phi) is 3.76. The fourth-order valence-corrected chi connectivity index (χ4v) is 3.02. The van der Waals surface area contributed by atoms with Crippen molar-refractivity contribution in [2.45, 2.75) is 32.0 Å². The Hall–Kier alpha value is -1.39. The molecule has 2 aliphatic heterocycles. The highest BCUT2D eigenvalue weighted by Crippen LogP contribution is 2.30. The summed E-state index contributed by atoms with van der Waals surface area (Å²) in [6.45, 7) is 4.69. The van der Waals surface area contributed by atoms with Gasteiger partial charge in [0.1, 0.15) is 0 Å². The van der Waals surface area contributed by atoms with Gasteiger partial charge < -0.3 is 14.4 Å². The summed E-state index contributed by atoms with van der Waals surface area (Å²) in [5, 5.41) is 0. The summed E-state index contributed by atoms with van der Waals surface area (Å²) in [5.74, 6) is -0.364. The van der Waals surface area contributed by atoms with Crippen LogP contribution in [-0.2, 0) is 20.7 Å². The number of carbonyl (C=O) groups is 1. The molecular formula is C16H21NO3. The fraction of sp³-hybridized carbons (Fsp3) is 0.562. The van der Waals surface area contributed by atoms with Crippen LogP contribution in [0.25, 0.3) is 0 Å². The first-order chi connectivity index (χ1) is 9.69. The van der Waals surface area contributed by atoms with Gasteiger partial charge in [-0.25, -0.2) is 0 Å². The maximum Gasteiger partial charge on any atom is 0.227 e. The summed E-state index contributed by atoms with van der Waals surface area (Å²) in [7, 11) is 0. The molecule has 1 amide bonds. The molecule has 0 aromatic heterocycles. The number of piperidine rings is 1. The lowest BCUT2D eigenvalue weighted by atomic mass is 10.0. The molecule has 0 N–H and O–H groups in total. The normalized spacial score (nSPS) is 21.4. The van der Waals surface area contributed by atoms with Gasteiger partial charge in [-0.1, -0.05) is 24.3 Å². The quantitative estimate of drug-likeness (QED) is 0.827. The number of rotatable bonds is 2. The molecule has 0 unspecified atom stereocenters.